The van der Waals surface area contributed by atoms with Crippen LogP contribution in [0.2, 0.25) is 0 Å². The van der Waals surface area contributed by atoms with Gasteiger partial charge in [-0.3, -0.25) is 0 Å². The maximum atomic E-state index is 15.1. The number of halogens is 2. The molecule has 5 rings (SSSR count). The number of morpholine rings is 1. The highest BCUT2D eigenvalue weighted by atomic mass is 19.1. The van der Waals surface area contributed by atoms with E-state index in [0.717, 1.165) is 24.8 Å². The van der Waals surface area contributed by atoms with Crippen molar-refractivity contribution in [1.82, 2.24) is 19.9 Å². The fraction of sp³-hybridized carbons (Fsp3) is 0.259. The van der Waals surface area contributed by atoms with Crippen LogP contribution in [0.4, 0.5) is 14.5 Å². The molecule has 9 heteroatoms. The van der Waals surface area contributed by atoms with Gasteiger partial charge in [0, 0.05) is 41.4 Å². The van der Waals surface area contributed by atoms with Gasteiger partial charge in [-0.25, -0.2) is 28.7 Å². The fourth-order valence-electron chi connectivity index (χ4n) is 4.46. The number of aromatic nitrogens is 4. The third kappa shape index (κ3) is 4.43. The van der Waals surface area contributed by atoms with Crippen LogP contribution in [-0.4, -0.2) is 51.3 Å². The molecule has 0 spiro atoms. The zero-order valence-corrected chi connectivity index (χ0v) is 19.9. The molecule has 7 nitrogen and oxygen atoms in total. The summed E-state index contributed by atoms with van der Waals surface area (Å²) in [6.45, 7) is 6.45. The summed E-state index contributed by atoms with van der Waals surface area (Å²) in [7, 11) is 0. The minimum atomic E-state index is -1.42. The van der Waals surface area contributed by atoms with E-state index in [9.17, 15) is 9.50 Å². The SMILES string of the molecule is C/C=C\c1ncnc(C(O)c2cc(-c3ncnc4cc(N5CCOCC5)ccc34)c(F)cc2F)c1C. The predicted octanol–water partition coefficient (Wildman–Crippen LogP) is 4.62. The van der Waals surface area contributed by atoms with Crippen molar-refractivity contribution in [3.8, 4) is 11.3 Å². The highest BCUT2D eigenvalue weighted by Crippen LogP contribution is 2.34. The van der Waals surface area contributed by atoms with Crippen LogP contribution in [0.25, 0.3) is 28.2 Å². The standard InChI is InChI=1S/C27H25F2N5O2/c1-3-4-23-16(2)25(32-14-30-23)27(35)20-12-19(21(28)13-22(20)29)26-18-6-5-17(11-24(18)31-15-33-26)34-7-9-36-10-8-34/h3-6,11-15,27,35H,7-10H2,1-2H3/b4-3-. The van der Waals surface area contributed by atoms with Gasteiger partial charge in [-0.2, -0.15) is 0 Å². The van der Waals surface area contributed by atoms with Crippen LogP contribution in [0.5, 0.6) is 0 Å². The molecule has 2 aromatic heterocycles. The van der Waals surface area contributed by atoms with Crippen molar-refractivity contribution in [2.75, 3.05) is 31.2 Å². The maximum Gasteiger partial charge on any atom is 0.135 e. The second kappa shape index (κ2) is 10.0. The number of benzene rings is 2. The lowest BCUT2D eigenvalue weighted by Gasteiger charge is -2.29. The van der Waals surface area contributed by atoms with Crippen molar-refractivity contribution >= 4 is 22.7 Å². The second-order valence-corrected chi connectivity index (χ2v) is 8.55. The lowest BCUT2D eigenvalue weighted by atomic mass is 9.96. The van der Waals surface area contributed by atoms with Crippen molar-refractivity contribution in [3.63, 3.8) is 0 Å². The fourth-order valence-corrected chi connectivity index (χ4v) is 4.46. The van der Waals surface area contributed by atoms with E-state index >= 15 is 4.39 Å². The Morgan fingerprint density at radius 1 is 1.00 bits per heavy atom. The van der Waals surface area contributed by atoms with E-state index in [1.54, 1.807) is 13.0 Å². The molecule has 0 saturated carbocycles. The first-order chi connectivity index (χ1) is 17.5. The van der Waals surface area contributed by atoms with E-state index in [1.807, 2.05) is 31.2 Å². The molecule has 1 fully saturated rings. The molecular weight excluding hydrogens is 464 g/mol. The molecule has 1 aliphatic rings. The molecule has 0 bridgehead atoms. The summed E-state index contributed by atoms with van der Waals surface area (Å²) in [5, 5.41) is 11.7. The number of anilines is 1. The molecule has 1 saturated heterocycles. The number of rotatable bonds is 5. The van der Waals surface area contributed by atoms with Gasteiger partial charge < -0.3 is 14.7 Å². The average molecular weight is 490 g/mol. The van der Waals surface area contributed by atoms with Crippen LogP contribution >= 0.6 is 0 Å². The van der Waals surface area contributed by atoms with E-state index in [2.05, 4.69) is 24.8 Å². The van der Waals surface area contributed by atoms with Crippen molar-refractivity contribution < 1.29 is 18.6 Å². The predicted molar refractivity (Wildman–Crippen MR) is 133 cm³/mol. The number of nitrogens with zero attached hydrogens (tertiary/aromatic N) is 5. The van der Waals surface area contributed by atoms with Crippen LogP contribution in [-0.2, 0) is 4.74 Å². The normalized spacial score (nSPS) is 15.1. The molecule has 1 N–H and O–H groups in total. The van der Waals surface area contributed by atoms with Gasteiger partial charge in [0.05, 0.1) is 35.8 Å². The molecule has 4 aromatic rings. The summed E-state index contributed by atoms with van der Waals surface area (Å²) < 4.78 is 35.4. The molecule has 184 valence electrons. The molecule has 3 heterocycles. The molecule has 0 aliphatic carbocycles. The van der Waals surface area contributed by atoms with Crippen LogP contribution < -0.4 is 4.90 Å². The van der Waals surface area contributed by atoms with Crippen molar-refractivity contribution in [1.29, 1.82) is 0 Å². The molecule has 36 heavy (non-hydrogen) atoms. The maximum absolute atomic E-state index is 15.1. The third-order valence-electron chi connectivity index (χ3n) is 6.38. The average Bonchev–Trinajstić information content (AvgIpc) is 2.90. The number of ether oxygens (including phenoxy) is 1. The molecule has 0 radical (unpaired) electrons. The van der Waals surface area contributed by atoms with Crippen LogP contribution in [0.3, 0.4) is 0 Å². The van der Waals surface area contributed by atoms with Gasteiger partial charge in [0.25, 0.3) is 0 Å². The lowest BCUT2D eigenvalue weighted by molar-refractivity contribution is 0.122. The molecule has 1 aliphatic heterocycles. The first-order valence-electron chi connectivity index (χ1n) is 11.7. The first-order valence-corrected chi connectivity index (χ1v) is 11.7. The van der Waals surface area contributed by atoms with Gasteiger partial charge in [-0.15, -0.1) is 0 Å². The molecule has 2 aromatic carbocycles. The van der Waals surface area contributed by atoms with E-state index < -0.39 is 17.7 Å². The molecule has 1 atom stereocenters. The van der Waals surface area contributed by atoms with Gasteiger partial charge >= 0.3 is 0 Å². The smallest absolute Gasteiger partial charge is 0.135 e. The first kappa shape index (κ1) is 23.9. The summed E-state index contributed by atoms with van der Waals surface area (Å²) in [6.07, 6.45) is 4.84. The number of aliphatic hydroxyl groups is 1. The number of aliphatic hydroxyl groups excluding tert-OH is 1. The Labute approximate surface area is 207 Å². The number of allylic oxidation sites excluding steroid dienone is 1. The highest BCUT2D eigenvalue weighted by molar-refractivity contribution is 5.94. The Kier molecular flexibility index (Phi) is 6.67. The molecular formula is C27H25F2N5O2. The Morgan fingerprint density at radius 3 is 2.56 bits per heavy atom. The summed E-state index contributed by atoms with van der Waals surface area (Å²) in [4.78, 5) is 19.3. The largest absolute Gasteiger partial charge is 0.382 e. The van der Waals surface area contributed by atoms with Crippen molar-refractivity contribution in [3.05, 3.63) is 83.2 Å². The van der Waals surface area contributed by atoms with E-state index in [1.165, 1.54) is 18.7 Å². The van der Waals surface area contributed by atoms with Gasteiger partial charge in [0.15, 0.2) is 0 Å². The minimum absolute atomic E-state index is 0.0670. The van der Waals surface area contributed by atoms with E-state index in [4.69, 9.17) is 4.74 Å². The van der Waals surface area contributed by atoms with Crippen LogP contribution in [0.15, 0.2) is 49.1 Å². The zero-order chi connectivity index (χ0) is 25.2. The zero-order valence-electron chi connectivity index (χ0n) is 19.9. The number of hydrogen-bond donors (Lipinski definition) is 1. The van der Waals surface area contributed by atoms with E-state index in [-0.39, 0.29) is 16.8 Å². The van der Waals surface area contributed by atoms with Crippen molar-refractivity contribution in [2.24, 2.45) is 0 Å². The summed E-state index contributed by atoms with van der Waals surface area (Å²) in [5.41, 5.74) is 3.37. The third-order valence-corrected chi connectivity index (χ3v) is 6.38. The highest BCUT2D eigenvalue weighted by Gasteiger charge is 2.24. The summed E-state index contributed by atoms with van der Waals surface area (Å²) in [5.74, 6) is -1.66. The monoisotopic (exact) mass is 489 g/mol. The summed E-state index contributed by atoms with van der Waals surface area (Å²) in [6, 6.07) is 7.77. The Bertz CT molecular complexity index is 1450. The van der Waals surface area contributed by atoms with Gasteiger partial charge in [-0.1, -0.05) is 6.08 Å². The van der Waals surface area contributed by atoms with Gasteiger partial charge in [0.2, 0.25) is 0 Å². The van der Waals surface area contributed by atoms with Crippen molar-refractivity contribution in [2.45, 2.75) is 20.0 Å². The topological polar surface area (TPSA) is 84.3 Å². The lowest BCUT2D eigenvalue weighted by Crippen LogP contribution is -2.36. The van der Waals surface area contributed by atoms with Crippen LogP contribution in [0, 0.1) is 18.6 Å². The van der Waals surface area contributed by atoms with E-state index in [0.29, 0.717) is 41.1 Å². The summed E-state index contributed by atoms with van der Waals surface area (Å²) >= 11 is 0. The quantitative estimate of drug-likeness (QED) is 0.438. The van der Waals surface area contributed by atoms with Gasteiger partial charge in [0.1, 0.15) is 30.4 Å². The number of hydrogen-bond acceptors (Lipinski definition) is 7. The Hall–Kier alpha value is -3.82. The minimum Gasteiger partial charge on any atom is -0.382 e. The van der Waals surface area contributed by atoms with Crippen LogP contribution in [0.1, 0.15) is 35.5 Å². The molecule has 1 unspecified atom stereocenters. The van der Waals surface area contributed by atoms with Gasteiger partial charge in [-0.05, 0) is 49.8 Å². The Balaban J connectivity index is 1.58. The second-order valence-electron chi connectivity index (χ2n) is 8.55. The Morgan fingerprint density at radius 2 is 1.78 bits per heavy atom. The number of fused-ring (bicyclic) bond motifs is 1. The molecule has 0 amide bonds.